The van der Waals surface area contributed by atoms with Gasteiger partial charge < -0.3 is 14.4 Å². The van der Waals surface area contributed by atoms with Crippen molar-refractivity contribution in [2.45, 2.75) is 32.4 Å². The van der Waals surface area contributed by atoms with Crippen LogP contribution in [0.3, 0.4) is 0 Å². The Bertz CT molecular complexity index is 1010. The monoisotopic (exact) mass is 408 g/mol. The van der Waals surface area contributed by atoms with Gasteiger partial charge in [0.15, 0.2) is 0 Å². The minimum atomic E-state index is 0.0366. The average Bonchev–Trinajstić information content (AvgIpc) is 3.53. The van der Waals surface area contributed by atoms with Crippen molar-refractivity contribution in [3.05, 3.63) is 64.7 Å². The van der Waals surface area contributed by atoms with Gasteiger partial charge in [-0.2, -0.15) is 0 Å². The molecule has 4 rings (SSSR count). The van der Waals surface area contributed by atoms with Crippen LogP contribution in [0.2, 0.25) is 0 Å². The molecule has 0 spiro atoms. The highest BCUT2D eigenvalue weighted by molar-refractivity contribution is 7.17. The van der Waals surface area contributed by atoms with Crippen molar-refractivity contribution in [2.75, 3.05) is 14.2 Å². The first-order chi connectivity index (χ1) is 14.1. The summed E-state index contributed by atoms with van der Waals surface area (Å²) in [6.45, 7) is 2.40. The topological polar surface area (TPSA) is 51.7 Å². The smallest absolute Gasteiger partial charge is 0.266 e. The molecular formula is C23H24N2O3S. The van der Waals surface area contributed by atoms with Crippen LogP contribution in [0.25, 0.3) is 10.6 Å². The quantitative estimate of drug-likeness (QED) is 0.556. The lowest BCUT2D eigenvalue weighted by molar-refractivity contribution is 0.0732. The molecule has 29 heavy (non-hydrogen) atoms. The van der Waals surface area contributed by atoms with Crippen molar-refractivity contribution in [3.8, 4) is 22.1 Å². The van der Waals surface area contributed by atoms with Crippen LogP contribution in [0.4, 0.5) is 0 Å². The molecule has 2 aromatic carbocycles. The number of amides is 1. The van der Waals surface area contributed by atoms with Crippen molar-refractivity contribution >= 4 is 17.2 Å². The van der Waals surface area contributed by atoms with E-state index in [0.717, 1.165) is 46.2 Å². The first-order valence-electron chi connectivity index (χ1n) is 9.65. The molecule has 1 aromatic heterocycles. The molecule has 3 aromatic rings. The second-order valence-electron chi connectivity index (χ2n) is 7.14. The van der Waals surface area contributed by atoms with Crippen LogP contribution >= 0.6 is 11.3 Å². The van der Waals surface area contributed by atoms with E-state index in [1.54, 1.807) is 14.2 Å². The van der Waals surface area contributed by atoms with Crippen LogP contribution in [-0.4, -0.2) is 36.1 Å². The lowest BCUT2D eigenvalue weighted by Gasteiger charge is -2.23. The van der Waals surface area contributed by atoms with Gasteiger partial charge in [-0.15, -0.1) is 11.3 Å². The van der Waals surface area contributed by atoms with Gasteiger partial charge in [0.2, 0.25) is 0 Å². The standard InChI is InChI=1S/C23H24N2O3S/c1-15-21(29-22(24-15)16-7-5-4-6-8-16)23(26)25(18-9-10-18)14-17-13-19(27-2)11-12-20(17)28-3/h4-8,11-13,18H,9-10,14H2,1-3H3. The summed E-state index contributed by atoms with van der Waals surface area (Å²) in [6.07, 6.45) is 2.06. The Kier molecular flexibility index (Phi) is 5.53. The van der Waals surface area contributed by atoms with Crippen molar-refractivity contribution in [1.82, 2.24) is 9.88 Å². The zero-order chi connectivity index (χ0) is 20.4. The van der Waals surface area contributed by atoms with Gasteiger partial charge in [-0.25, -0.2) is 4.98 Å². The van der Waals surface area contributed by atoms with E-state index in [1.165, 1.54) is 11.3 Å². The molecule has 0 unspecified atom stereocenters. The number of ether oxygens (including phenoxy) is 2. The minimum Gasteiger partial charge on any atom is -0.497 e. The molecule has 6 heteroatoms. The summed E-state index contributed by atoms with van der Waals surface area (Å²) < 4.78 is 10.9. The molecule has 0 aliphatic heterocycles. The van der Waals surface area contributed by atoms with E-state index in [1.807, 2.05) is 60.4 Å². The number of nitrogens with zero attached hydrogens (tertiary/aromatic N) is 2. The van der Waals surface area contributed by atoms with Crippen LogP contribution in [0.5, 0.6) is 11.5 Å². The van der Waals surface area contributed by atoms with E-state index in [0.29, 0.717) is 11.4 Å². The molecule has 1 aliphatic carbocycles. The molecule has 1 heterocycles. The maximum absolute atomic E-state index is 13.5. The maximum Gasteiger partial charge on any atom is 0.266 e. The molecule has 1 fully saturated rings. The van der Waals surface area contributed by atoms with Crippen molar-refractivity contribution in [1.29, 1.82) is 0 Å². The highest BCUT2D eigenvalue weighted by atomic mass is 32.1. The maximum atomic E-state index is 13.5. The van der Waals surface area contributed by atoms with Gasteiger partial charge in [0.25, 0.3) is 5.91 Å². The molecule has 5 nitrogen and oxygen atoms in total. The van der Waals surface area contributed by atoms with Gasteiger partial charge in [-0.3, -0.25) is 4.79 Å². The van der Waals surface area contributed by atoms with E-state index in [2.05, 4.69) is 4.98 Å². The highest BCUT2D eigenvalue weighted by Gasteiger charge is 2.35. The normalized spacial score (nSPS) is 13.2. The molecular weight excluding hydrogens is 384 g/mol. The van der Waals surface area contributed by atoms with Gasteiger partial charge in [-0.05, 0) is 38.0 Å². The summed E-state index contributed by atoms with van der Waals surface area (Å²) >= 11 is 1.46. The van der Waals surface area contributed by atoms with Crippen molar-refractivity contribution in [3.63, 3.8) is 0 Å². The summed E-state index contributed by atoms with van der Waals surface area (Å²) in [5.41, 5.74) is 2.76. The highest BCUT2D eigenvalue weighted by Crippen LogP contribution is 2.35. The Balaban J connectivity index is 1.64. The van der Waals surface area contributed by atoms with Crippen molar-refractivity contribution < 1.29 is 14.3 Å². The second-order valence-corrected chi connectivity index (χ2v) is 8.14. The number of rotatable bonds is 7. The summed E-state index contributed by atoms with van der Waals surface area (Å²) in [7, 11) is 3.29. The Morgan fingerprint density at radius 3 is 2.55 bits per heavy atom. The molecule has 0 N–H and O–H groups in total. The van der Waals surface area contributed by atoms with Crippen molar-refractivity contribution in [2.24, 2.45) is 0 Å². The SMILES string of the molecule is COc1ccc(OC)c(CN(C(=O)c2sc(-c3ccccc3)nc2C)C2CC2)c1. The molecule has 1 amide bonds. The number of carbonyl (C=O) groups excluding carboxylic acids is 1. The molecule has 150 valence electrons. The van der Waals surface area contributed by atoms with Crippen LogP contribution < -0.4 is 9.47 Å². The fourth-order valence-corrected chi connectivity index (χ4v) is 4.40. The van der Waals surface area contributed by atoms with Gasteiger partial charge in [-0.1, -0.05) is 30.3 Å². The fourth-order valence-electron chi connectivity index (χ4n) is 3.37. The van der Waals surface area contributed by atoms with E-state index >= 15 is 0 Å². The van der Waals surface area contributed by atoms with Gasteiger partial charge >= 0.3 is 0 Å². The minimum absolute atomic E-state index is 0.0366. The fraction of sp³-hybridized carbons (Fsp3) is 0.304. The Morgan fingerprint density at radius 1 is 1.14 bits per heavy atom. The molecule has 0 atom stereocenters. The largest absolute Gasteiger partial charge is 0.497 e. The lowest BCUT2D eigenvalue weighted by atomic mass is 10.1. The summed E-state index contributed by atoms with van der Waals surface area (Å²) in [6, 6.07) is 15.9. The molecule has 1 saturated carbocycles. The lowest BCUT2D eigenvalue weighted by Crippen LogP contribution is -2.32. The van der Waals surface area contributed by atoms with Gasteiger partial charge in [0.05, 0.1) is 26.5 Å². The van der Waals surface area contributed by atoms with E-state index in [4.69, 9.17) is 9.47 Å². The number of benzene rings is 2. The number of thiazole rings is 1. The molecule has 1 aliphatic rings. The molecule has 0 radical (unpaired) electrons. The predicted octanol–water partition coefficient (Wildman–Crippen LogP) is 4.94. The summed E-state index contributed by atoms with van der Waals surface area (Å²) in [5, 5.41) is 0.876. The summed E-state index contributed by atoms with van der Waals surface area (Å²) in [5.74, 6) is 1.55. The zero-order valence-corrected chi connectivity index (χ0v) is 17.7. The third-order valence-electron chi connectivity index (χ3n) is 5.09. The third kappa shape index (κ3) is 4.12. The predicted molar refractivity (Wildman–Crippen MR) is 115 cm³/mol. The Morgan fingerprint density at radius 2 is 1.90 bits per heavy atom. The van der Waals surface area contributed by atoms with Gasteiger partial charge in [0.1, 0.15) is 21.4 Å². The molecule has 0 saturated heterocycles. The summed E-state index contributed by atoms with van der Waals surface area (Å²) in [4.78, 5) is 20.8. The number of hydrogen-bond donors (Lipinski definition) is 0. The van der Waals surface area contributed by atoms with Crippen LogP contribution in [0.1, 0.15) is 33.8 Å². The van der Waals surface area contributed by atoms with E-state index in [9.17, 15) is 4.79 Å². The molecule has 0 bridgehead atoms. The van der Waals surface area contributed by atoms with Crippen LogP contribution in [0, 0.1) is 6.92 Å². The number of aromatic nitrogens is 1. The first-order valence-corrected chi connectivity index (χ1v) is 10.5. The Labute approximate surface area is 174 Å². The number of aryl methyl sites for hydroxylation is 1. The number of methoxy groups -OCH3 is 2. The van der Waals surface area contributed by atoms with Crippen LogP contribution in [0.15, 0.2) is 48.5 Å². The Hall–Kier alpha value is -2.86. The van der Waals surface area contributed by atoms with E-state index < -0.39 is 0 Å². The second kappa shape index (κ2) is 8.25. The van der Waals surface area contributed by atoms with Crippen LogP contribution in [-0.2, 0) is 6.54 Å². The number of hydrogen-bond acceptors (Lipinski definition) is 5. The number of carbonyl (C=O) groups is 1. The average molecular weight is 409 g/mol. The first kappa shape index (κ1) is 19.5. The van der Waals surface area contributed by atoms with Gasteiger partial charge in [0, 0.05) is 17.2 Å². The van der Waals surface area contributed by atoms with E-state index in [-0.39, 0.29) is 11.9 Å². The third-order valence-corrected chi connectivity index (χ3v) is 6.28. The zero-order valence-electron chi connectivity index (χ0n) is 16.8.